The summed E-state index contributed by atoms with van der Waals surface area (Å²) in [5, 5.41) is 3.07. The molecule has 0 aliphatic heterocycles. The number of nitrogens with one attached hydrogen (secondary N) is 1. The summed E-state index contributed by atoms with van der Waals surface area (Å²) in [6, 6.07) is 7.44. The van der Waals surface area contributed by atoms with E-state index in [0.29, 0.717) is 17.4 Å². The largest absolute Gasteiger partial charge is 0.316 e. The molecule has 21 heavy (non-hydrogen) atoms. The van der Waals surface area contributed by atoms with Crippen LogP contribution in [-0.4, -0.2) is 32.4 Å². The summed E-state index contributed by atoms with van der Waals surface area (Å²) in [6.45, 7) is 5.64. The summed E-state index contributed by atoms with van der Waals surface area (Å²) in [7, 11) is -1.47. The van der Waals surface area contributed by atoms with E-state index in [1.54, 1.807) is 16.4 Å². The lowest BCUT2D eigenvalue weighted by Crippen LogP contribution is -2.34. The van der Waals surface area contributed by atoms with Crippen LogP contribution in [0.4, 0.5) is 0 Å². The molecule has 5 heteroatoms. The smallest absolute Gasteiger partial charge is 0.243 e. The van der Waals surface area contributed by atoms with Crippen LogP contribution in [0.3, 0.4) is 0 Å². The summed E-state index contributed by atoms with van der Waals surface area (Å²) in [5.74, 6) is 0.513. The second kappa shape index (κ2) is 6.90. The maximum absolute atomic E-state index is 12.8. The average Bonchev–Trinajstić information content (AvgIpc) is 3.24. The Labute approximate surface area is 128 Å². The van der Waals surface area contributed by atoms with Crippen molar-refractivity contribution in [1.82, 2.24) is 9.62 Å². The van der Waals surface area contributed by atoms with Gasteiger partial charge in [-0.25, -0.2) is 8.42 Å². The molecule has 1 saturated carbocycles. The maximum Gasteiger partial charge on any atom is 0.243 e. The van der Waals surface area contributed by atoms with Crippen LogP contribution >= 0.6 is 0 Å². The summed E-state index contributed by atoms with van der Waals surface area (Å²) in [6.07, 6.45) is 2.90. The molecule has 118 valence electrons. The molecule has 0 aromatic heterocycles. The van der Waals surface area contributed by atoms with Crippen LogP contribution in [0.2, 0.25) is 0 Å². The highest BCUT2D eigenvalue weighted by atomic mass is 32.2. The van der Waals surface area contributed by atoms with Gasteiger partial charge in [-0.15, -0.1) is 0 Å². The van der Waals surface area contributed by atoms with Gasteiger partial charge in [0.1, 0.15) is 0 Å². The first kappa shape index (κ1) is 16.5. The van der Waals surface area contributed by atoms with Crippen LogP contribution in [0.15, 0.2) is 29.2 Å². The van der Waals surface area contributed by atoms with E-state index in [2.05, 4.69) is 19.2 Å². The van der Waals surface area contributed by atoms with Gasteiger partial charge in [0, 0.05) is 19.1 Å². The van der Waals surface area contributed by atoms with Gasteiger partial charge in [-0.2, -0.15) is 4.31 Å². The standard InChI is InChI=1S/C16H26N2O2S/c1-13(2)10-11-18(15-6-7-15)21(19,20)16-8-4-14(5-9-16)12-17-3/h4-5,8-9,13,15,17H,6-7,10-12H2,1-3H3. The Morgan fingerprint density at radius 2 is 1.86 bits per heavy atom. The predicted molar refractivity (Wildman–Crippen MR) is 85.6 cm³/mol. The highest BCUT2D eigenvalue weighted by Gasteiger charge is 2.37. The van der Waals surface area contributed by atoms with Gasteiger partial charge in [0.15, 0.2) is 0 Å². The average molecular weight is 310 g/mol. The van der Waals surface area contributed by atoms with Crippen molar-refractivity contribution in [1.29, 1.82) is 0 Å². The molecular weight excluding hydrogens is 284 g/mol. The fourth-order valence-corrected chi connectivity index (χ4v) is 4.07. The van der Waals surface area contributed by atoms with Gasteiger partial charge in [-0.1, -0.05) is 26.0 Å². The molecule has 0 atom stereocenters. The zero-order chi connectivity index (χ0) is 15.5. The molecule has 1 aliphatic carbocycles. The minimum Gasteiger partial charge on any atom is -0.316 e. The normalized spacial score (nSPS) is 15.9. The molecule has 1 aliphatic rings. The quantitative estimate of drug-likeness (QED) is 0.803. The lowest BCUT2D eigenvalue weighted by Gasteiger charge is -2.23. The Morgan fingerprint density at radius 3 is 2.33 bits per heavy atom. The molecule has 1 aromatic rings. The van der Waals surface area contributed by atoms with E-state index in [0.717, 1.165) is 31.4 Å². The van der Waals surface area contributed by atoms with Crippen molar-refractivity contribution < 1.29 is 8.42 Å². The van der Waals surface area contributed by atoms with Gasteiger partial charge in [-0.05, 0) is 49.9 Å². The zero-order valence-corrected chi connectivity index (χ0v) is 14.0. The Kier molecular flexibility index (Phi) is 5.41. The fraction of sp³-hybridized carbons (Fsp3) is 0.625. The van der Waals surface area contributed by atoms with Gasteiger partial charge >= 0.3 is 0 Å². The predicted octanol–water partition coefficient (Wildman–Crippen LogP) is 2.61. The molecular formula is C16H26N2O2S. The minimum atomic E-state index is -3.35. The van der Waals surface area contributed by atoms with E-state index in [1.807, 2.05) is 19.2 Å². The Morgan fingerprint density at radius 1 is 1.24 bits per heavy atom. The molecule has 1 N–H and O–H groups in total. The van der Waals surface area contributed by atoms with E-state index < -0.39 is 10.0 Å². The van der Waals surface area contributed by atoms with Crippen LogP contribution in [0.1, 0.15) is 38.7 Å². The van der Waals surface area contributed by atoms with Crippen LogP contribution in [0, 0.1) is 5.92 Å². The second-order valence-corrected chi connectivity index (χ2v) is 8.09. The third-order valence-corrected chi connectivity index (χ3v) is 5.76. The molecule has 2 rings (SSSR count). The third-order valence-electron chi connectivity index (χ3n) is 3.79. The number of hydrogen-bond donors (Lipinski definition) is 1. The third kappa shape index (κ3) is 4.28. The lowest BCUT2D eigenvalue weighted by molar-refractivity contribution is 0.373. The Balaban J connectivity index is 2.17. The van der Waals surface area contributed by atoms with Crippen molar-refractivity contribution in [2.75, 3.05) is 13.6 Å². The van der Waals surface area contributed by atoms with Crippen molar-refractivity contribution in [3.63, 3.8) is 0 Å². The van der Waals surface area contributed by atoms with E-state index in [9.17, 15) is 8.42 Å². The van der Waals surface area contributed by atoms with E-state index in [1.165, 1.54) is 0 Å². The molecule has 0 amide bonds. The molecule has 0 radical (unpaired) electrons. The molecule has 0 bridgehead atoms. The molecule has 0 unspecified atom stereocenters. The van der Waals surface area contributed by atoms with Crippen LogP contribution in [0.25, 0.3) is 0 Å². The number of benzene rings is 1. The van der Waals surface area contributed by atoms with Crippen molar-refractivity contribution in [3.05, 3.63) is 29.8 Å². The van der Waals surface area contributed by atoms with Crippen molar-refractivity contribution in [2.24, 2.45) is 5.92 Å². The SMILES string of the molecule is CNCc1ccc(S(=O)(=O)N(CCC(C)C)C2CC2)cc1. The minimum absolute atomic E-state index is 0.214. The molecule has 0 saturated heterocycles. The first-order chi connectivity index (χ1) is 9.95. The van der Waals surface area contributed by atoms with Gasteiger partial charge < -0.3 is 5.32 Å². The topological polar surface area (TPSA) is 49.4 Å². The molecule has 1 aromatic carbocycles. The number of hydrogen-bond acceptors (Lipinski definition) is 3. The molecule has 1 fully saturated rings. The summed E-state index contributed by atoms with van der Waals surface area (Å²) < 4.78 is 27.3. The van der Waals surface area contributed by atoms with Gasteiger partial charge in [-0.3, -0.25) is 0 Å². The fourth-order valence-electron chi connectivity index (χ4n) is 2.37. The van der Waals surface area contributed by atoms with Crippen molar-refractivity contribution >= 4 is 10.0 Å². The van der Waals surface area contributed by atoms with Crippen LogP contribution in [-0.2, 0) is 16.6 Å². The Hall–Kier alpha value is -0.910. The molecule has 0 spiro atoms. The van der Waals surface area contributed by atoms with E-state index >= 15 is 0 Å². The summed E-state index contributed by atoms with van der Waals surface area (Å²) in [4.78, 5) is 0.415. The molecule has 0 heterocycles. The van der Waals surface area contributed by atoms with E-state index in [-0.39, 0.29) is 6.04 Å². The number of nitrogens with zero attached hydrogens (tertiary/aromatic N) is 1. The van der Waals surface area contributed by atoms with Gasteiger partial charge in [0.2, 0.25) is 10.0 Å². The highest BCUT2D eigenvalue weighted by Crippen LogP contribution is 2.32. The van der Waals surface area contributed by atoms with E-state index in [4.69, 9.17) is 0 Å². The number of sulfonamides is 1. The monoisotopic (exact) mass is 310 g/mol. The zero-order valence-electron chi connectivity index (χ0n) is 13.2. The first-order valence-electron chi connectivity index (χ1n) is 7.70. The number of rotatable bonds is 8. The lowest BCUT2D eigenvalue weighted by atomic mass is 10.1. The van der Waals surface area contributed by atoms with Crippen molar-refractivity contribution in [3.8, 4) is 0 Å². The second-order valence-electron chi connectivity index (χ2n) is 6.20. The van der Waals surface area contributed by atoms with Gasteiger partial charge in [0.05, 0.1) is 4.90 Å². The van der Waals surface area contributed by atoms with Gasteiger partial charge in [0.25, 0.3) is 0 Å². The van der Waals surface area contributed by atoms with Crippen molar-refractivity contribution in [2.45, 2.75) is 50.6 Å². The summed E-state index contributed by atoms with van der Waals surface area (Å²) >= 11 is 0. The summed E-state index contributed by atoms with van der Waals surface area (Å²) in [5.41, 5.74) is 1.09. The van der Waals surface area contributed by atoms with Crippen LogP contribution in [0.5, 0.6) is 0 Å². The van der Waals surface area contributed by atoms with Crippen LogP contribution < -0.4 is 5.32 Å². The Bertz CT molecular complexity index is 548. The highest BCUT2D eigenvalue weighted by molar-refractivity contribution is 7.89. The maximum atomic E-state index is 12.8. The molecule has 4 nitrogen and oxygen atoms in total. The first-order valence-corrected chi connectivity index (χ1v) is 9.14.